The maximum Gasteiger partial charge on any atom is -0.0236 e. The van der Waals surface area contributed by atoms with Crippen molar-refractivity contribution in [3.63, 3.8) is 0 Å². The first kappa shape index (κ1) is 9.74. The molecule has 1 saturated carbocycles. The second-order valence-corrected chi connectivity index (χ2v) is 2.99. The highest BCUT2D eigenvalue weighted by Crippen LogP contribution is 2.24. The van der Waals surface area contributed by atoms with Gasteiger partial charge >= 0.3 is 0 Å². The molecule has 0 bridgehead atoms. The van der Waals surface area contributed by atoms with Crippen LogP contribution in [0.5, 0.6) is 0 Å². The monoisotopic (exact) mass is 140 g/mol. The summed E-state index contributed by atoms with van der Waals surface area (Å²) in [5, 5.41) is 0. The molecule has 0 aromatic carbocycles. The van der Waals surface area contributed by atoms with Crippen molar-refractivity contribution in [2.45, 2.75) is 46.0 Å². The highest BCUT2D eigenvalue weighted by Gasteiger charge is 2.09. The lowest BCUT2D eigenvalue weighted by Gasteiger charge is -1.94. The Morgan fingerprint density at radius 2 is 1.70 bits per heavy atom. The Balaban J connectivity index is 0.000000236. The van der Waals surface area contributed by atoms with E-state index < -0.39 is 0 Å². The molecule has 0 saturated heterocycles. The first-order valence-electron chi connectivity index (χ1n) is 4.47. The third kappa shape index (κ3) is 4.60. The van der Waals surface area contributed by atoms with Crippen LogP contribution in [0.4, 0.5) is 0 Å². The van der Waals surface area contributed by atoms with Crippen molar-refractivity contribution >= 4 is 0 Å². The Labute approximate surface area is 65.3 Å². The third-order valence-corrected chi connectivity index (χ3v) is 1.73. The minimum absolute atomic E-state index is 0.861. The largest absolute Gasteiger partial charge is 0.103 e. The predicted octanol–water partition coefficient (Wildman–Crippen LogP) is 3.78. The molecule has 1 rings (SSSR count). The second kappa shape index (κ2) is 6.85. The van der Waals surface area contributed by atoms with E-state index in [1.165, 1.54) is 32.1 Å². The summed E-state index contributed by atoms with van der Waals surface area (Å²) in [6.45, 7) is 7.99. The van der Waals surface area contributed by atoms with Gasteiger partial charge in [0.2, 0.25) is 0 Å². The Kier molecular flexibility index (Phi) is 6.68. The summed E-state index contributed by atoms with van der Waals surface area (Å²) in [6.07, 6.45) is 8.98. The average Bonchev–Trinajstić information content (AvgIpc) is 2.39. The van der Waals surface area contributed by atoms with Gasteiger partial charge in [-0.1, -0.05) is 39.2 Å². The van der Waals surface area contributed by atoms with Gasteiger partial charge in [-0.2, -0.15) is 0 Å². The van der Waals surface area contributed by atoms with Crippen LogP contribution in [0.3, 0.4) is 0 Å². The maximum atomic E-state index is 3.74. The molecular formula is C10H20. The van der Waals surface area contributed by atoms with Gasteiger partial charge in [0.05, 0.1) is 0 Å². The van der Waals surface area contributed by atoms with Crippen LogP contribution in [0.15, 0.2) is 12.7 Å². The number of rotatable bonds is 1. The Morgan fingerprint density at radius 1 is 1.30 bits per heavy atom. The molecule has 0 unspecified atom stereocenters. The lowest BCUT2D eigenvalue weighted by molar-refractivity contribution is 0.688. The topological polar surface area (TPSA) is 0 Å². The fourth-order valence-corrected chi connectivity index (χ4v) is 1.19. The van der Waals surface area contributed by atoms with Gasteiger partial charge in [-0.25, -0.2) is 0 Å². The zero-order valence-corrected chi connectivity index (χ0v) is 7.40. The van der Waals surface area contributed by atoms with E-state index in [9.17, 15) is 0 Å². The van der Waals surface area contributed by atoms with Crippen LogP contribution < -0.4 is 0 Å². The van der Waals surface area contributed by atoms with Crippen molar-refractivity contribution < 1.29 is 0 Å². The number of hydrogen-bond donors (Lipinski definition) is 0. The molecule has 1 aliphatic carbocycles. The first-order valence-corrected chi connectivity index (χ1v) is 4.47. The van der Waals surface area contributed by atoms with Gasteiger partial charge in [0, 0.05) is 0 Å². The van der Waals surface area contributed by atoms with Crippen LogP contribution in [0.25, 0.3) is 0 Å². The average molecular weight is 140 g/mol. The van der Waals surface area contributed by atoms with Crippen molar-refractivity contribution in [1.29, 1.82) is 0 Å². The molecule has 0 N–H and O–H groups in total. The van der Waals surface area contributed by atoms with E-state index >= 15 is 0 Å². The van der Waals surface area contributed by atoms with E-state index in [0.717, 1.165) is 5.92 Å². The van der Waals surface area contributed by atoms with Crippen molar-refractivity contribution in [2.24, 2.45) is 5.92 Å². The fraction of sp³-hybridized carbons (Fsp3) is 0.800. The lowest BCUT2D eigenvalue weighted by atomic mass is 10.1. The molecule has 0 nitrogen and oxygen atoms in total. The summed E-state index contributed by atoms with van der Waals surface area (Å²) >= 11 is 0. The molecular weight excluding hydrogens is 120 g/mol. The smallest absolute Gasteiger partial charge is 0.0236 e. The summed E-state index contributed by atoms with van der Waals surface area (Å²) in [5.41, 5.74) is 0. The molecule has 0 aliphatic heterocycles. The summed E-state index contributed by atoms with van der Waals surface area (Å²) < 4.78 is 0. The van der Waals surface area contributed by atoms with Crippen molar-refractivity contribution in [3.05, 3.63) is 12.7 Å². The highest BCUT2D eigenvalue weighted by molar-refractivity contribution is 4.82. The molecule has 0 aromatic heterocycles. The van der Waals surface area contributed by atoms with E-state index in [-0.39, 0.29) is 0 Å². The predicted molar refractivity (Wildman–Crippen MR) is 48.1 cm³/mol. The lowest BCUT2D eigenvalue weighted by Crippen LogP contribution is -1.81. The summed E-state index contributed by atoms with van der Waals surface area (Å²) in [7, 11) is 0. The van der Waals surface area contributed by atoms with E-state index in [4.69, 9.17) is 0 Å². The maximum absolute atomic E-state index is 3.74. The van der Waals surface area contributed by atoms with E-state index in [1.54, 1.807) is 0 Å². The standard InChI is InChI=1S/C7H12.C3H8/c1-2-7-5-3-4-6-7;1-3-2/h2,7H,1,3-6H2;3H2,1-2H3. The van der Waals surface area contributed by atoms with Gasteiger partial charge in [-0.15, -0.1) is 6.58 Å². The molecule has 10 heavy (non-hydrogen) atoms. The van der Waals surface area contributed by atoms with E-state index in [0.29, 0.717) is 0 Å². The van der Waals surface area contributed by atoms with Crippen LogP contribution in [0.2, 0.25) is 0 Å². The zero-order valence-electron chi connectivity index (χ0n) is 7.40. The molecule has 60 valence electrons. The second-order valence-electron chi connectivity index (χ2n) is 2.99. The Morgan fingerprint density at radius 3 is 1.90 bits per heavy atom. The van der Waals surface area contributed by atoms with Crippen molar-refractivity contribution in [3.8, 4) is 0 Å². The molecule has 0 radical (unpaired) electrons. The summed E-state index contributed by atoms with van der Waals surface area (Å²) in [6, 6.07) is 0. The summed E-state index contributed by atoms with van der Waals surface area (Å²) in [5.74, 6) is 0.861. The van der Waals surface area contributed by atoms with Gasteiger partial charge < -0.3 is 0 Å². The molecule has 0 atom stereocenters. The van der Waals surface area contributed by atoms with Crippen LogP contribution in [0.1, 0.15) is 46.0 Å². The number of hydrogen-bond acceptors (Lipinski definition) is 0. The highest BCUT2D eigenvalue weighted by atomic mass is 14.1. The van der Waals surface area contributed by atoms with Gasteiger partial charge in [0.25, 0.3) is 0 Å². The van der Waals surface area contributed by atoms with Crippen LogP contribution in [-0.4, -0.2) is 0 Å². The van der Waals surface area contributed by atoms with Crippen LogP contribution >= 0.6 is 0 Å². The minimum Gasteiger partial charge on any atom is -0.103 e. The van der Waals surface area contributed by atoms with Gasteiger partial charge in [-0.05, 0) is 18.8 Å². The minimum atomic E-state index is 0.861. The molecule has 1 fully saturated rings. The van der Waals surface area contributed by atoms with E-state index in [1.807, 2.05) is 0 Å². The quantitative estimate of drug-likeness (QED) is 0.486. The molecule has 0 spiro atoms. The van der Waals surface area contributed by atoms with Crippen molar-refractivity contribution in [2.75, 3.05) is 0 Å². The normalized spacial score (nSPS) is 17.8. The molecule has 0 amide bonds. The molecule has 0 heteroatoms. The molecule has 1 aliphatic rings. The SMILES string of the molecule is C=CC1CCCC1.CCC. The number of allylic oxidation sites excluding steroid dienone is 1. The van der Waals surface area contributed by atoms with Crippen molar-refractivity contribution in [1.82, 2.24) is 0 Å². The van der Waals surface area contributed by atoms with Gasteiger partial charge in [0.15, 0.2) is 0 Å². The Bertz CT molecular complexity index is 68.1. The van der Waals surface area contributed by atoms with Gasteiger partial charge in [0.1, 0.15) is 0 Å². The molecule has 0 heterocycles. The first-order chi connectivity index (χ1) is 4.85. The zero-order chi connectivity index (χ0) is 7.82. The third-order valence-electron chi connectivity index (χ3n) is 1.73. The van der Waals surface area contributed by atoms with Gasteiger partial charge in [-0.3, -0.25) is 0 Å². The van der Waals surface area contributed by atoms with Crippen LogP contribution in [-0.2, 0) is 0 Å². The fourth-order valence-electron chi connectivity index (χ4n) is 1.19. The Hall–Kier alpha value is -0.260. The summed E-state index contributed by atoms with van der Waals surface area (Å²) in [4.78, 5) is 0. The molecule has 0 aromatic rings. The van der Waals surface area contributed by atoms with E-state index in [2.05, 4.69) is 26.5 Å². The van der Waals surface area contributed by atoms with Crippen LogP contribution in [0, 0.1) is 5.92 Å².